The Bertz CT molecular complexity index is 372. The van der Waals surface area contributed by atoms with Crippen LogP contribution in [0.1, 0.15) is 18.7 Å². The lowest BCUT2D eigenvalue weighted by Gasteiger charge is -2.15. The smallest absolute Gasteiger partial charge is 0.338 e. The van der Waals surface area contributed by atoms with E-state index in [1.54, 1.807) is 13.0 Å². The van der Waals surface area contributed by atoms with Crippen molar-refractivity contribution in [3.8, 4) is 0 Å². The molecule has 0 fully saturated rings. The molecule has 2 atom stereocenters. The van der Waals surface area contributed by atoms with Gasteiger partial charge in [0.1, 0.15) is 11.3 Å². The molecular weight excluding hydrogens is 234 g/mol. The van der Waals surface area contributed by atoms with E-state index in [9.17, 15) is 15.0 Å². The molecule has 1 rings (SSSR count). The van der Waals surface area contributed by atoms with Crippen molar-refractivity contribution in [2.24, 2.45) is 0 Å². The molecular formula is C10H12ClNO4. The van der Waals surface area contributed by atoms with E-state index in [4.69, 9.17) is 11.6 Å². The summed E-state index contributed by atoms with van der Waals surface area (Å²) in [6, 6.07) is 4.54. The van der Waals surface area contributed by atoms with Crippen LogP contribution in [-0.2, 0) is 9.53 Å². The second-order valence-electron chi connectivity index (χ2n) is 3.03. The number of carbonyl (C=O) groups is 1. The summed E-state index contributed by atoms with van der Waals surface area (Å²) in [6.45, 7) is 1.74. The van der Waals surface area contributed by atoms with Gasteiger partial charge < -0.3 is 14.9 Å². The predicted octanol–water partition coefficient (Wildman–Crippen LogP) is 0.692. The summed E-state index contributed by atoms with van der Waals surface area (Å²) in [5.74, 6) is -0.892. The topological polar surface area (TPSA) is 79.7 Å². The van der Waals surface area contributed by atoms with Gasteiger partial charge in [-0.1, -0.05) is 17.7 Å². The SMILES string of the molecule is CCOC(=O)C(O)C(O)c1cccc(Cl)n1. The summed E-state index contributed by atoms with van der Waals surface area (Å²) in [5.41, 5.74) is 0.119. The average molecular weight is 246 g/mol. The molecule has 0 saturated heterocycles. The van der Waals surface area contributed by atoms with Gasteiger partial charge in [-0.25, -0.2) is 9.78 Å². The van der Waals surface area contributed by atoms with Gasteiger partial charge in [-0.3, -0.25) is 0 Å². The molecule has 0 aliphatic carbocycles. The Labute approximate surface area is 97.6 Å². The Morgan fingerprint density at radius 2 is 2.25 bits per heavy atom. The van der Waals surface area contributed by atoms with Gasteiger partial charge in [-0.05, 0) is 19.1 Å². The fraction of sp³-hybridized carbons (Fsp3) is 0.400. The molecule has 1 heterocycles. The maximum Gasteiger partial charge on any atom is 0.338 e. The first-order chi connectivity index (χ1) is 7.56. The minimum atomic E-state index is -1.66. The third-order valence-electron chi connectivity index (χ3n) is 1.87. The highest BCUT2D eigenvalue weighted by Gasteiger charge is 2.27. The van der Waals surface area contributed by atoms with Gasteiger partial charge >= 0.3 is 5.97 Å². The van der Waals surface area contributed by atoms with Gasteiger partial charge in [0.25, 0.3) is 0 Å². The molecule has 1 aromatic rings. The third-order valence-corrected chi connectivity index (χ3v) is 2.08. The molecule has 16 heavy (non-hydrogen) atoms. The van der Waals surface area contributed by atoms with Gasteiger partial charge in [-0.15, -0.1) is 0 Å². The average Bonchev–Trinajstić information content (AvgIpc) is 2.27. The Balaban J connectivity index is 2.77. The van der Waals surface area contributed by atoms with Gasteiger partial charge in [-0.2, -0.15) is 0 Å². The number of ether oxygens (including phenoxy) is 1. The van der Waals surface area contributed by atoms with E-state index in [-0.39, 0.29) is 17.5 Å². The number of hydrogen-bond acceptors (Lipinski definition) is 5. The number of hydrogen-bond donors (Lipinski definition) is 2. The molecule has 2 N–H and O–H groups in total. The van der Waals surface area contributed by atoms with Crippen molar-refractivity contribution in [2.45, 2.75) is 19.1 Å². The molecule has 0 aromatic carbocycles. The molecule has 0 bridgehead atoms. The predicted molar refractivity (Wildman–Crippen MR) is 56.8 cm³/mol. The molecule has 0 amide bonds. The maximum atomic E-state index is 11.1. The minimum absolute atomic E-state index is 0.119. The van der Waals surface area contributed by atoms with E-state index < -0.39 is 18.2 Å². The van der Waals surface area contributed by atoms with E-state index in [1.165, 1.54) is 12.1 Å². The largest absolute Gasteiger partial charge is 0.464 e. The first kappa shape index (κ1) is 12.9. The van der Waals surface area contributed by atoms with Crippen molar-refractivity contribution in [1.82, 2.24) is 4.98 Å². The zero-order chi connectivity index (χ0) is 12.1. The Morgan fingerprint density at radius 3 is 2.81 bits per heavy atom. The fourth-order valence-corrected chi connectivity index (χ4v) is 1.28. The molecule has 88 valence electrons. The van der Waals surface area contributed by atoms with Crippen LogP contribution in [0.25, 0.3) is 0 Å². The van der Waals surface area contributed by atoms with Crippen LogP contribution in [0.15, 0.2) is 18.2 Å². The number of carbonyl (C=O) groups excluding carboxylic acids is 1. The lowest BCUT2D eigenvalue weighted by Crippen LogP contribution is -2.30. The number of pyridine rings is 1. The zero-order valence-electron chi connectivity index (χ0n) is 8.63. The molecule has 2 unspecified atom stereocenters. The second-order valence-corrected chi connectivity index (χ2v) is 3.41. The number of aliphatic hydroxyl groups excluding tert-OH is 2. The molecule has 0 radical (unpaired) electrons. The van der Waals surface area contributed by atoms with E-state index in [1.807, 2.05) is 0 Å². The van der Waals surface area contributed by atoms with E-state index in [2.05, 4.69) is 9.72 Å². The molecule has 0 aliphatic rings. The summed E-state index contributed by atoms with van der Waals surface area (Å²) in [4.78, 5) is 14.9. The van der Waals surface area contributed by atoms with Crippen molar-refractivity contribution in [3.63, 3.8) is 0 Å². The number of aromatic nitrogens is 1. The van der Waals surface area contributed by atoms with Crippen LogP contribution in [0.5, 0.6) is 0 Å². The van der Waals surface area contributed by atoms with Gasteiger partial charge in [0.05, 0.1) is 12.3 Å². The van der Waals surface area contributed by atoms with Gasteiger partial charge in [0.15, 0.2) is 6.10 Å². The van der Waals surface area contributed by atoms with Crippen LogP contribution in [0, 0.1) is 0 Å². The molecule has 6 heteroatoms. The zero-order valence-corrected chi connectivity index (χ0v) is 9.39. The number of esters is 1. The third kappa shape index (κ3) is 3.16. The van der Waals surface area contributed by atoms with Crippen LogP contribution in [0.2, 0.25) is 5.15 Å². The quantitative estimate of drug-likeness (QED) is 0.603. The lowest BCUT2D eigenvalue weighted by molar-refractivity contribution is -0.159. The minimum Gasteiger partial charge on any atom is -0.464 e. The standard InChI is InChI=1S/C10H12ClNO4/c1-2-16-10(15)9(14)8(13)6-4-3-5-7(11)12-6/h3-5,8-9,13-14H,2H2,1H3. The number of rotatable bonds is 4. The summed E-state index contributed by atoms with van der Waals surface area (Å²) in [5, 5.41) is 19.3. The summed E-state index contributed by atoms with van der Waals surface area (Å²) < 4.78 is 4.57. The Morgan fingerprint density at radius 1 is 1.56 bits per heavy atom. The fourth-order valence-electron chi connectivity index (χ4n) is 1.11. The van der Waals surface area contributed by atoms with Crippen molar-refractivity contribution in [2.75, 3.05) is 6.61 Å². The first-order valence-corrected chi connectivity index (χ1v) is 5.09. The highest BCUT2D eigenvalue weighted by atomic mass is 35.5. The van der Waals surface area contributed by atoms with E-state index in [0.29, 0.717) is 0 Å². The van der Waals surface area contributed by atoms with Crippen LogP contribution in [0.3, 0.4) is 0 Å². The Kier molecular flexibility index (Phi) is 4.67. The summed E-state index contributed by atoms with van der Waals surface area (Å²) in [7, 11) is 0. The van der Waals surface area contributed by atoms with Crippen LogP contribution >= 0.6 is 11.6 Å². The molecule has 5 nitrogen and oxygen atoms in total. The monoisotopic (exact) mass is 245 g/mol. The molecule has 0 spiro atoms. The molecule has 0 aliphatic heterocycles. The number of halogens is 1. The first-order valence-electron chi connectivity index (χ1n) is 4.71. The summed E-state index contributed by atoms with van der Waals surface area (Å²) >= 11 is 5.61. The van der Waals surface area contributed by atoms with Crippen molar-refractivity contribution in [1.29, 1.82) is 0 Å². The summed E-state index contributed by atoms with van der Waals surface area (Å²) in [6.07, 6.45) is -3.11. The molecule has 0 saturated carbocycles. The molecule has 1 aromatic heterocycles. The number of aliphatic hydroxyl groups is 2. The maximum absolute atomic E-state index is 11.1. The Hall–Kier alpha value is -1.17. The van der Waals surface area contributed by atoms with Crippen molar-refractivity contribution >= 4 is 17.6 Å². The van der Waals surface area contributed by atoms with Crippen LogP contribution in [-0.4, -0.2) is 33.9 Å². The number of nitrogens with zero attached hydrogens (tertiary/aromatic N) is 1. The van der Waals surface area contributed by atoms with E-state index in [0.717, 1.165) is 0 Å². The highest BCUT2D eigenvalue weighted by Crippen LogP contribution is 2.17. The van der Waals surface area contributed by atoms with Crippen LogP contribution < -0.4 is 0 Å². The van der Waals surface area contributed by atoms with Crippen molar-refractivity contribution in [3.05, 3.63) is 29.0 Å². The van der Waals surface area contributed by atoms with Crippen LogP contribution in [0.4, 0.5) is 0 Å². The highest BCUT2D eigenvalue weighted by molar-refractivity contribution is 6.29. The van der Waals surface area contributed by atoms with Crippen molar-refractivity contribution < 1.29 is 19.7 Å². The van der Waals surface area contributed by atoms with Gasteiger partial charge in [0.2, 0.25) is 0 Å². The lowest BCUT2D eigenvalue weighted by atomic mass is 10.1. The van der Waals surface area contributed by atoms with E-state index >= 15 is 0 Å². The second kappa shape index (κ2) is 5.79. The normalized spacial score (nSPS) is 14.2. The van der Waals surface area contributed by atoms with Gasteiger partial charge in [0, 0.05) is 0 Å².